The van der Waals surface area contributed by atoms with Crippen molar-refractivity contribution in [2.75, 3.05) is 11.5 Å². The summed E-state index contributed by atoms with van der Waals surface area (Å²) in [5.74, 6) is 1.22. The lowest BCUT2D eigenvalue weighted by Crippen LogP contribution is -2.43. The molecule has 0 radical (unpaired) electrons. The summed E-state index contributed by atoms with van der Waals surface area (Å²) >= 11 is 0. The van der Waals surface area contributed by atoms with Crippen LogP contribution in [-0.4, -0.2) is 35.4 Å². The zero-order valence-electron chi connectivity index (χ0n) is 10.1. The van der Waals surface area contributed by atoms with Gasteiger partial charge in [0, 0.05) is 18.3 Å². The van der Waals surface area contributed by atoms with E-state index in [1.165, 1.54) is 0 Å². The first-order chi connectivity index (χ1) is 7.89. The summed E-state index contributed by atoms with van der Waals surface area (Å²) in [7, 11) is -2.86. The van der Waals surface area contributed by atoms with Crippen LogP contribution in [0, 0.1) is 6.92 Å². The van der Waals surface area contributed by atoms with Gasteiger partial charge >= 0.3 is 0 Å². The van der Waals surface area contributed by atoms with E-state index in [1.54, 1.807) is 6.20 Å². The topological polar surface area (TPSA) is 72.0 Å². The number of hydrogen-bond donors (Lipinski definition) is 1. The molecule has 1 atom stereocenters. The van der Waals surface area contributed by atoms with Gasteiger partial charge in [0.2, 0.25) is 0 Å². The van der Waals surface area contributed by atoms with Crippen molar-refractivity contribution >= 4 is 9.84 Å². The molecule has 94 valence electrons. The molecular weight excluding hydrogens is 238 g/mol. The van der Waals surface area contributed by atoms with Crippen molar-refractivity contribution in [2.45, 2.75) is 32.4 Å². The minimum absolute atomic E-state index is 0.212. The van der Waals surface area contributed by atoms with E-state index < -0.39 is 9.84 Å². The van der Waals surface area contributed by atoms with Crippen molar-refractivity contribution in [2.24, 2.45) is 0 Å². The van der Waals surface area contributed by atoms with E-state index in [9.17, 15) is 8.42 Å². The molecule has 1 aromatic rings. The Hall–Kier alpha value is -1.01. The summed E-state index contributed by atoms with van der Waals surface area (Å²) in [5.41, 5.74) is 0.570. The highest BCUT2D eigenvalue weighted by Crippen LogP contribution is 2.23. The lowest BCUT2D eigenvalue weighted by molar-refractivity contribution is 0.392. The van der Waals surface area contributed by atoms with Gasteiger partial charge in [-0.2, -0.15) is 0 Å². The van der Waals surface area contributed by atoms with Gasteiger partial charge in [-0.15, -0.1) is 0 Å². The third kappa shape index (κ3) is 3.23. The van der Waals surface area contributed by atoms with Gasteiger partial charge in [0.25, 0.3) is 0 Å². The third-order valence-electron chi connectivity index (χ3n) is 3.03. The van der Waals surface area contributed by atoms with Crippen LogP contribution in [0.2, 0.25) is 0 Å². The Bertz CT molecular complexity index is 515. The number of rotatable bonds is 3. The molecule has 6 heteroatoms. The van der Waals surface area contributed by atoms with Crippen molar-refractivity contribution < 1.29 is 8.42 Å². The van der Waals surface area contributed by atoms with Gasteiger partial charge in [0.15, 0.2) is 9.84 Å². The smallest absolute Gasteiger partial charge is 0.152 e. The first kappa shape index (κ1) is 12.4. The molecule has 0 bridgehead atoms. The van der Waals surface area contributed by atoms with Gasteiger partial charge in [0.05, 0.1) is 17.2 Å². The molecule has 0 spiro atoms. The van der Waals surface area contributed by atoms with Crippen molar-refractivity contribution in [3.63, 3.8) is 0 Å². The van der Waals surface area contributed by atoms with Crippen molar-refractivity contribution in [3.8, 4) is 0 Å². The Morgan fingerprint density at radius 2 is 2.29 bits per heavy atom. The molecule has 1 aromatic heterocycles. The zero-order valence-corrected chi connectivity index (χ0v) is 10.9. The predicted molar refractivity (Wildman–Crippen MR) is 65.3 cm³/mol. The second-order valence-corrected chi connectivity index (χ2v) is 7.04. The molecule has 0 aliphatic carbocycles. The van der Waals surface area contributed by atoms with Gasteiger partial charge < -0.3 is 5.32 Å². The van der Waals surface area contributed by atoms with Crippen LogP contribution in [0.25, 0.3) is 0 Å². The summed E-state index contributed by atoms with van der Waals surface area (Å²) in [6, 6.07) is 1.84. The maximum atomic E-state index is 11.4. The average Bonchev–Trinajstić information content (AvgIpc) is 2.51. The third-order valence-corrected chi connectivity index (χ3v) is 4.94. The predicted octanol–water partition coefficient (Wildman–Crippen LogP) is 0.452. The molecule has 0 amide bonds. The van der Waals surface area contributed by atoms with Crippen LogP contribution >= 0.6 is 0 Å². The Morgan fingerprint density at radius 3 is 2.88 bits per heavy atom. The Kier molecular flexibility index (Phi) is 3.18. The summed E-state index contributed by atoms with van der Waals surface area (Å²) in [6.07, 6.45) is 2.38. The summed E-state index contributed by atoms with van der Waals surface area (Å²) < 4.78 is 22.9. The van der Waals surface area contributed by atoms with E-state index >= 15 is 0 Å². The Balaban J connectivity index is 1.99. The number of aryl methyl sites for hydroxylation is 1. The Labute approximate surface area is 102 Å². The first-order valence-corrected chi connectivity index (χ1v) is 7.45. The van der Waals surface area contributed by atoms with Crippen LogP contribution in [0.4, 0.5) is 0 Å². The van der Waals surface area contributed by atoms with E-state index in [2.05, 4.69) is 15.3 Å². The highest BCUT2D eigenvalue weighted by Gasteiger charge is 2.37. The average molecular weight is 255 g/mol. The maximum absolute atomic E-state index is 11.4. The van der Waals surface area contributed by atoms with E-state index in [0.717, 1.165) is 11.5 Å². The second kappa shape index (κ2) is 4.34. The zero-order chi connectivity index (χ0) is 12.5. The van der Waals surface area contributed by atoms with E-state index in [0.29, 0.717) is 13.0 Å². The quantitative estimate of drug-likeness (QED) is 0.849. The van der Waals surface area contributed by atoms with Crippen molar-refractivity contribution in [1.82, 2.24) is 15.3 Å². The van der Waals surface area contributed by atoms with Gasteiger partial charge in [-0.25, -0.2) is 18.4 Å². The summed E-state index contributed by atoms with van der Waals surface area (Å²) in [4.78, 5) is 8.30. The molecule has 5 nitrogen and oxygen atoms in total. The molecule has 2 heterocycles. The van der Waals surface area contributed by atoms with Crippen LogP contribution in [0.15, 0.2) is 12.3 Å². The molecule has 0 saturated carbocycles. The standard InChI is InChI=1S/C11H17N3O2S/c1-9-12-5-3-10(14-9)7-13-11(2)4-6-17(15,16)8-11/h3,5,13H,4,6-8H2,1-2H3. The van der Waals surface area contributed by atoms with Gasteiger partial charge in [0.1, 0.15) is 5.82 Å². The minimum Gasteiger partial charge on any atom is -0.305 e. The fraction of sp³-hybridized carbons (Fsp3) is 0.636. The summed E-state index contributed by atoms with van der Waals surface area (Å²) in [6.45, 7) is 4.37. The normalized spacial score (nSPS) is 27.2. The van der Waals surface area contributed by atoms with Gasteiger partial charge in [-0.05, 0) is 26.3 Å². The molecule has 1 fully saturated rings. The largest absolute Gasteiger partial charge is 0.305 e. The molecule has 17 heavy (non-hydrogen) atoms. The molecule has 0 aromatic carbocycles. The molecule has 1 N–H and O–H groups in total. The molecule has 1 saturated heterocycles. The highest BCUT2D eigenvalue weighted by atomic mass is 32.2. The van der Waals surface area contributed by atoms with E-state index in [4.69, 9.17) is 0 Å². The minimum atomic E-state index is -2.86. The van der Waals surface area contributed by atoms with Gasteiger partial charge in [-0.1, -0.05) is 0 Å². The van der Waals surface area contributed by atoms with E-state index in [-0.39, 0.29) is 17.0 Å². The SMILES string of the molecule is Cc1nccc(CNC2(C)CCS(=O)(=O)C2)n1. The number of sulfone groups is 1. The van der Waals surface area contributed by atoms with Crippen LogP contribution in [0.5, 0.6) is 0 Å². The molecule has 1 aliphatic heterocycles. The molecule has 1 aliphatic rings. The Morgan fingerprint density at radius 1 is 1.53 bits per heavy atom. The monoisotopic (exact) mass is 255 g/mol. The number of nitrogens with zero attached hydrogens (tertiary/aromatic N) is 2. The van der Waals surface area contributed by atoms with Gasteiger partial charge in [-0.3, -0.25) is 0 Å². The lowest BCUT2D eigenvalue weighted by Gasteiger charge is -2.23. The van der Waals surface area contributed by atoms with Crippen LogP contribution < -0.4 is 5.32 Å². The number of hydrogen-bond acceptors (Lipinski definition) is 5. The molecule has 2 rings (SSSR count). The fourth-order valence-electron chi connectivity index (χ4n) is 2.06. The fourth-order valence-corrected chi connectivity index (χ4v) is 4.18. The van der Waals surface area contributed by atoms with Crippen molar-refractivity contribution in [1.29, 1.82) is 0 Å². The van der Waals surface area contributed by atoms with Crippen LogP contribution in [-0.2, 0) is 16.4 Å². The molecular formula is C11H17N3O2S. The van der Waals surface area contributed by atoms with Crippen LogP contribution in [0.3, 0.4) is 0 Å². The maximum Gasteiger partial charge on any atom is 0.152 e. The lowest BCUT2D eigenvalue weighted by atomic mass is 10.0. The highest BCUT2D eigenvalue weighted by molar-refractivity contribution is 7.91. The van der Waals surface area contributed by atoms with E-state index in [1.807, 2.05) is 19.9 Å². The van der Waals surface area contributed by atoms with Crippen molar-refractivity contribution in [3.05, 3.63) is 23.8 Å². The first-order valence-electron chi connectivity index (χ1n) is 5.63. The number of nitrogens with one attached hydrogen (secondary N) is 1. The van der Waals surface area contributed by atoms with Crippen LogP contribution in [0.1, 0.15) is 24.9 Å². The second-order valence-electron chi connectivity index (χ2n) is 4.85. The summed E-state index contributed by atoms with van der Waals surface area (Å²) in [5, 5.41) is 3.29. The number of aromatic nitrogens is 2. The molecule has 1 unspecified atom stereocenters.